The molecule has 1 aromatic carbocycles. The maximum Gasteiger partial charge on any atom is 0.267 e. The van der Waals surface area contributed by atoms with Crippen LogP contribution in [0, 0.1) is 24.4 Å². The minimum absolute atomic E-state index is 0.0398. The van der Waals surface area contributed by atoms with Crippen LogP contribution in [0.3, 0.4) is 0 Å². The molecule has 1 atom stereocenters. The maximum atomic E-state index is 14.5. The van der Waals surface area contributed by atoms with Gasteiger partial charge < -0.3 is 15.2 Å². The second-order valence-electron chi connectivity index (χ2n) is 6.26. The van der Waals surface area contributed by atoms with Crippen LogP contribution in [0.25, 0.3) is 0 Å². The molecule has 1 aliphatic rings. The average molecular weight is 412 g/mol. The van der Waals surface area contributed by atoms with E-state index >= 15 is 0 Å². The van der Waals surface area contributed by atoms with Crippen LogP contribution in [0.15, 0.2) is 24.4 Å². The van der Waals surface area contributed by atoms with Crippen molar-refractivity contribution in [1.29, 1.82) is 0 Å². The summed E-state index contributed by atoms with van der Waals surface area (Å²) in [6.45, 7) is 2.68. The fourth-order valence-electron chi connectivity index (χ4n) is 2.94. The van der Waals surface area contributed by atoms with Crippen LogP contribution in [-0.2, 0) is 9.47 Å². The number of amides is 1. The van der Waals surface area contributed by atoms with Gasteiger partial charge in [0.15, 0.2) is 17.9 Å². The molecule has 1 aliphatic heterocycles. The van der Waals surface area contributed by atoms with E-state index in [0.717, 1.165) is 12.1 Å². The zero-order chi connectivity index (χ0) is 20.3. The number of hydrogen-bond donors (Lipinski definition) is 1. The number of hydrogen-bond acceptors (Lipinski definition) is 5. The van der Waals surface area contributed by atoms with Crippen molar-refractivity contribution in [3.8, 4) is 0 Å². The minimum Gasteiger partial charge on any atom is -0.364 e. The SMILES string of the molecule is Cc1cc(C(N)=O)ncc1C(SCCC1OCCO1)c1c(F)ccc(F)c1F. The molecule has 1 saturated heterocycles. The van der Waals surface area contributed by atoms with Gasteiger partial charge in [0.05, 0.1) is 18.5 Å². The predicted molar refractivity (Wildman–Crippen MR) is 98.4 cm³/mol. The summed E-state index contributed by atoms with van der Waals surface area (Å²) in [5.74, 6) is -3.50. The number of nitrogens with two attached hydrogens (primary N) is 1. The first kappa shape index (κ1) is 20.6. The molecule has 0 aliphatic carbocycles. The molecule has 1 unspecified atom stereocenters. The molecule has 28 heavy (non-hydrogen) atoms. The summed E-state index contributed by atoms with van der Waals surface area (Å²) < 4.78 is 53.5. The highest BCUT2D eigenvalue weighted by Gasteiger charge is 2.27. The van der Waals surface area contributed by atoms with Crippen molar-refractivity contribution in [2.75, 3.05) is 19.0 Å². The summed E-state index contributed by atoms with van der Waals surface area (Å²) in [7, 11) is 0. The maximum absolute atomic E-state index is 14.5. The molecule has 5 nitrogen and oxygen atoms in total. The van der Waals surface area contributed by atoms with Gasteiger partial charge in [0.1, 0.15) is 11.5 Å². The smallest absolute Gasteiger partial charge is 0.267 e. The molecule has 1 amide bonds. The first-order chi connectivity index (χ1) is 13.4. The highest BCUT2D eigenvalue weighted by atomic mass is 32.2. The number of benzene rings is 1. The largest absolute Gasteiger partial charge is 0.364 e. The van der Waals surface area contributed by atoms with Gasteiger partial charge in [0.25, 0.3) is 5.91 Å². The van der Waals surface area contributed by atoms with Gasteiger partial charge in [0, 0.05) is 18.2 Å². The Hall–Kier alpha value is -2.10. The Morgan fingerprint density at radius 2 is 1.96 bits per heavy atom. The van der Waals surface area contributed by atoms with Gasteiger partial charge in [0.2, 0.25) is 0 Å². The second kappa shape index (κ2) is 8.93. The lowest BCUT2D eigenvalue weighted by Gasteiger charge is -2.21. The first-order valence-electron chi connectivity index (χ1n) is 8.63. The number of rotatable bonds is 7. The van der Waals surface area contributed by atoms with Crippen LogP contribution in [-0.4, -0.2) is 36.1 Å². The van der Waals surface area contributed by atoms with E-state index < -0.39 is 34.2 Å². The summed E-state index contributed by atoms with van der Waals surface area (Å²) in [6, 6.07) is 3.09. The summed E-state index contributed by atoms with van der Waals surface area (Å²) in [5, 5.41) is -0.869. The lowest BCUT2D eigenvalue weighted by Crippen LogP contribution is -2.15. The standard InChI is InChI=1S/C19H19F3N2O3S/c1-10-8-14(19(23)25)24-9-11(10)18(28-7-4-15-26-5-6-27-15)16-12(20)2-3-13(21)17(16)22/h2-3,8-9,15,18H,4-7H2,1H3,(H2,23,25). The number of nitrogens with zero attached hydrogens (tertiary/aromatic N) is 1. The fourth-order valence-corrected chi connectivity index (χ4v) is 4.32. The Labute approximate surface area is 164 Å². The van der Waals surface area contributed by atoms with E-state index in [1.807, 2.05) is 0 Å². The topological polar surface area (TPSA) is 74.4 Å². The number of carbonyl (C=O) groups excluding carboxylic acids is 1. The second-order valence-corrected chi connectivity index (χ2v) is 7.47. The zero-order valence-electron chi connectivity index (χ0n) is 15.1. The van der Waals surface area contributed by atoms with Gasteiger partial charge in [-0.1, -0.05) is 0 Å². The summed E-state index contributed by atoms with van der Waals surface area (Å²) in [4.78, 5) is 15.3. The van der Waals surface area contributed by atoms with Crippen molar-refractivity contribution in [1.82, 2.24) is 4.98 Å². The minimum atomic E-state index is -1.25. The molecule has 2 heterocycles. The Bertz CT molecular complexity index is 876. The van der Waals surface area contributed by atoms with Crippen molar-refractivity contribution in [3.63, 3.8) is 0 Å². The number of halogens is 3. The van der Waals surface area contributed by atoms with E-state index in [9.17, 15) is 18.0 Å². The number of carbonyl (C=O) groups is 1. The Balaban J connectivity index is 1.95. The summed E-state index contributed by atoms with van der Waals surface area (Å²) in [6.07, 6.45) is 1.48. The quantitative estimate of drug-likeness (QED) is 0.705. The molecule has 0 saturated carbocycles. The van der Waals surface area contributed by atoms with Crippen LogP contribution in [0.1, 0.15) is 38.8 Å². The molecule has 0 radical (unpaired) electrons. The monoisotopic (exact) mass is 412 g/mol. The third-order valence-electron chi connectivity index (χ3n) is 4.36. The summed E-state index contributed by atoms with van der Waals surface area (Å²) >= 11 is 1.22. The third kappa shape index (κ3) is 4.48. The Kier molecular flexibility index (Phi) is 6.58. The van der Waals surface area contributed by atoms with Crippen molar-refractivity contribution in [2.45, 2.75) is 24.9 Å². The van der Waals surface area contributed by atoms with Crippen LogP contribution in [0.4, 0.5) is 13.2 Å². The van der Waals surface area contributed by atoms with Gasteiger partial charge >= 0.3 is 0 Å². The molecule has 2 aromatic rings. The van der Waals surface area contributed by atoms with Gasteiger partial charge in [-0.25, -0.2) is 13.2 Å². The Morgan fingerprint density at radius 1 is 1.29 bits per heavy atom. The van der Waals surface area contributed by atoms with E-state index in [0.29, 0.717) is 36.5 Å². The van der Waals surface area contributed by atoms with Crippen molar-refractivity contribution < 1.29 is 27.4 Å². The number of ether oxygens (including phenoxy) is 2. The lowest BCUT2D eigenvalue weighted by atomic mass is 10.00. The van der Waals surface area contributed by atoms with Crippen molar-refractivity contribution in [3.05, 3.63) is 64.2 Å². The van der Waals surface area contributed by atoms with Gasteiger partial charge in [-0.2, -0.15) is 0 Å². The van der Waals surface area contributed by atoms with E-state index in [4.69, 9.17) is 15.2 Å². The molecule has 1 aromatic heterocycles. The molecule has 1 fully saturated rings. The van der Waals surface area contributed by atoms with Gasteiger partial charge in [-0.15, -0.1) is 11.8 Å². The molecule has 3 rings (SSSR count). The van der Waals surface area contributed by atoms with E-state index in [1.165, 1.54) is 24.0 Å². The van der Waals surface area contributed by atoms with Crippen LogP contribution in [0.2, 0.25) is 0 Å². The van der Waals surface area contributed by atoms with Crippen LogP contribution < -0.4 is 5.73 Å². The zero-order valence-corrected chi connectivity index (χ0v) is 15.9. The third-order valence-corrected chi connectivity index (χ3v) is 5.65. The van der Waals surface area contributed by atoms with E-state index in [1.54, 1.807) is 6.92 Å². The average Bonchev–Trinajstić information content (AvgIpc) is 3.17. The van der Waals surface area contributed by atoms with Gasteiger partial charge in [-0.3, -0.25) is 9.78 Å². The number of primary amides is 1. The molecule has 9 heteroatoms. The molecular weight excluding hydrogens is 393 g/mol. The fraction of sp³-hybridized carbons (Fsp3) is 0.368. The van der Waals surface area contributed by atoms with E-state index in [-0.39, 0.29) is 12.0 Å². The van der Waals surface area contributed by atoms with Crippen molar-refractivity contribution >= 4 is 17.7 Å². The molecular formula is C19H19F3N2O3S. The Morgan fingerprint density at radius 3 is 2.61 bits per heavy atom. The predicted octanol–water partition coefficient (Wildman–Crippen LogP) is 3.49. The highest BCUT2D eigenvalue weighted by Crippen LogP contribution is 2.40. The van der Waals surface area contributed by atoms with Crippen molar-refractivity contribution in [2.24, 2.45) is 5.73 Å². The van der Waals surface area contributed by atoms with E-state index in [2.05, 4.69) is 4.98 Å². The highest BCUT2D eigenvalue weighted by molar-refractivity contribution is 7.99. The normalized spacial score (nSPS) is 15.7. The lowest BCUT2D eigenvalue weighted by molar-refractivity contribution is -0.0421. The molecule has 0 spiro atoms. The first-order valence-corrected chi connectivity index (χ1v) is 9.68. The number of aryl methyl sites for hydroxylation is 1. The number of aromatic nitrogens is 1. The molecule has 150 valence electrons. The van der Waals surface area contributed by atoms with Crippen LogP contribution in [0.5, 0.6) is 0 Å². The van der Waals surface area contributed by atoms with Crippen LogP contribution >= 0.6 is 11.8 Å². The number of thioether (sulfide) groups is 1. The van der Waals surface area contributed by atoms with Gasteiger partial charge in [-0.05, 0) is 42.0 Å². The summed E-state index contributed by atoms with van der Waals surface area (Å²) in [5.41, 5.74) is 5.91. The number of pyridine rings is 1. The molecule has 2 N–H and O–H groups in total. The molecule has 0 bridgehead atoms.